The Kier molecular flexibility index (Phi) is 11.0. The van der Waals surface area contributed by atoms with Crippen LogP contribution in [-0.2, 0) is 9.59 Å². The van der Waals surface area contributed by atoms with Crippen molar-refractivity contribution in [2.24, 2.45) is 5.92 Å². The van der Waals surface area contributed by atoms with Crippen LogP contribution in [0.25, 0.3) is 0 Å². The monoisotopic (exact) mass is 603 g/mol. The smallest absolute Gasteiger partial charge is 0.298 e. The van der Waals surface area contributed by atoms with Gasteiger partial charge < -0.3 is 24.2 Å². The average molecular weight is 604 g/mol. The highest BCUT2D eigenvalue weighted by Crippen LogP contribution is 2.47. The number of rotatable bonds is 9. The Morgan fingerprint density at radius 1 is 0.976 bits per heavy atom. The number of carbonyl (C=O) groups excluding carboxylic acids is 2. The number of carbonyl (C=O) groups is 2. The highest BCUT2D eigenvalue weighted by atomic mass is 32.2. The second-order valence-corrected chi connectivity index (χ2v) is 10.8. The zero-order valence-corrected chi connectivity index (χ0v) is 23.7. The van der Waals surface area contributed by atoms with E-state index in [0.29, 0.717) is 11.3 Å². The highest BCUT2D eigenvalue weighted by Gasteiger charge is 2.49. The molecular formula is C30H32F3N3O5S. The fourth-order valence-corrected chi connectivity index (χ4v) is 5.34. The molecule has 2 N–H and O–H groups in total. The number of halogens is 3. The molecule has 3 aromatic carbocycles. The third-order valence-electron chi connectivity index (χ3n) is 7.38. The van der Waals surface area contributed by atoms with Gasteiger partial charge in [-0.2, -0.15) is 0 Å². The molecule has 2 aliphatic rings. The number of likely N-dealkylation sites (N-methyl/N-ethyl adjacent to an activating group) is 1. The molecule has 2 fully saturated rings. The van der Waals surface area contributed by atoms with Gasteiger partial charge >= 0.3 is 0 Å². The van der Waals surface area contributed by atoms with Gasteiger partial charge in [0.25, 0.3) is 6.47 Å². The Labute approximate surface area is 246 Å². The molecule has 8 nitrogen and oxygen atoms in total. The first-order chi connectivity index (χ1) is 20.2. The van der Waals surface area contributed by atoms with Gasteiger partial charge in [0.15, 0.2) is 0 Å². The van der Waals surface area contributed by atoms with Crippen molar-refractivity contribution >= 4 is 30.3 Å². The molecule has 0 saturated carbocycles. The molecule has 224 valence electrons. The molecule has 0 bridgehead atoms. The van der Waals surface area contributed by atoms with Gasteiger partial charge in [-0.15, -0.1) is 0 Å². The number of hydrogen-bond donors (Lipinski definition) is 2. The predicted octanol–water partition coefficient (Wildman–Crippen LogP) is 5.21. The van der Waals surface area contributed by atoms with Crippen molar-refractivity contribution in [2.75, 3.05) is 38.1 Å². The maximum atomic E-state index is 14.9. The van der Waals surface area contributed by atoms with Crippen LogP contribution in [0.5, 0.6) is 5.75 Å². The van der Waals surface area contributed by atoms with Gasteiger partial charge in [0.2, 0.25) is 5.91 Å². The Balaban J connectivity index is 0.000000385. The second-order valence-electron chi connectivity index (χ2n) is 10.1. The van der Waals surface area contributed by atoms with E-state index < -0.39 is 35.5 Å². The lowest BCUT2D eigenvalue weighted by Crippen LogP contribution is -2.55. The third kappa shape index (κ3) is 7.69. The summed E-state index contributed by atoms with van der Waals surface area (Å²) < 4.78 is 56.7. The van der Waals surface area contributed by atoms with Crippen LogP contribution >= 0.6 is 12.2 Å². The van der Waals surface area contributed by atoms with Gasteiger partial charge in [0, 0.05) is 43.5 Å². The van der Waals surface area contributed by atoms with Crippen molar-refractivity contribution in [3.8, 4) is 5.75 Å². The van der Waals surface area contributed by atoms with E-state index in [2.05, 4.69) is 16.7 Å². The Bertz CT molecular complexity index is 1340. The summed E-state index contributed by atoms with van der Waals surface area (Å²) in [4.78, 5) is 27.2. The Morgan fingerprint density at radius 3 is 2.17 bits per heavy atom. The topological polar surface area (TPSA) is 93.5 Å². The molecule has 0 aromatic heterocycles. The number of amides is 1. The van der Waals surface area contributed by atoms with E-state index in [-0.39, 0.29) is 36.5 Å². The summed E-state index contributed by atoms with van der Waals surface area (Å²) in [7, 11) is 2.10. The fourth-order valence-electron chi connectivity index (χ4n) is 5.01. The first-order valence-corrected chi connectivity index (χ1v) is 14.1. The second kappa shape index (κ2) is 14.7. The van der Waals surface area contributed by atoms with Gasteiger partial charge in [-0.1, -0.05) is 18.2 Å². The van der Waals surface area contributed by atoms with Crippen molar-refractivity contribution in [3.63, 3.8) is 0 Å². The number of hydrogen-bond acceptors (Lipinski definition) is 8. The number of aliphatic hydroxyl groups is 1. The molecule has 2 heterocycles. The SMILES string of the molecule is CN1CCN(SO)CC1.O=COc1ccc(C2[C@@H](CCC(O)c3ccc(F)cc3)C(=O)N2c2ccc(F)cc2)c(F)c1. The number of aliphatic hydroxyl groups excluding tert-OH is 1. The lowest BCUT2D eigenvalue weighted by molar-refractivity contribution is -0.131. The van der Waals surface area contributed by atoms with Crippen molar-refractivity contribution in [2.45, 2.75) is 25.0 Å². The van der Waals surface area contributed by atoms with Gasteiger partial charge in [0.1, 0.15) is 23.2 Å². The van der Waals surface area contributed by atoms with E-state index in [9.17, 15) is 27.9 Å². The van der Waals surface area contributed by atoms with Crippen LogP contribution in [0.3, 0.4) is 0 Å². The van der Waals surface area contributed by atoms with Crippen molar-refractivity contribution in [1.82, 2.24) is 9.21 Å². The van der Waals surface area contributed by atoms with Crippen molar-refractivity contribution in [3.05, 3.63) is 95.3 Å². The molecule has 3 aromatic rings. The zero-order valence-electron chi connectivity index (χ0n) is 22.9. The third-order valence-corrected chi connectivity index (χ3v) is 7.97. The average Bonchev–Trinajstić information content (AvgIpc) is 2.98. The van der Waals surface area contributed by atoms with E-state index in [4.69, 9.17) is 4.55 Å². The van der Waals surface area contributed by atoms with Crippen LogP contribution in [0.4, 0.5) is 18.9 Å². The largest absolute Gasteiger partial charge is 0.429 e. The minimum Gasteiger partial charge on any atom is -0.429 e. The molecule has 1 amide bonds. The minimum absolute atomic E-state index is 0.0218. The van der Waals surface area contributed by atoms with Crippen molar-refractivity contribution < 1.29 is 37.2 Å². The van der Waals surface area contributed by atoms with Gasteiger partial charge in [0.05, 0.1) is 30.3 Å². The molecule has 0 spiro atoms. The number of ether oxygens (including phenoxy) is 1. The molecule has 42 heavy (non-hydrogen) atoms. The summed E-state index contributed by atoms with van der Waals surface area (Å²) in [5, 5.41) is 10.5. The number of anilines is 1. The lowest BCUT2D eigenvalue weighted by atomic mass is 9.78. The van der Waals surface area contributed by atoms with Crippen LogP contribution in [0, 0.1) is 23.4 Å². The molecule has 2 saturated heterocycles. The standard InChI is InChI=1S/C25H20F3NO4.C5H12N2OS/c26-16-3-1-15(2-4-16)23(31)12-11-21-24(20-10-9-19(33-14-30)13-22(20)28)29(25(21)32)18-7-5-17(27)6-8-18;1-6-2-4-7(9-8)5-3-6/h1-10,13-14,21,23-24,31H,11-12H2;8H,2-5H2,1H3/t21-,23?,24?;/m1./s1. The first kappa shape index (κ1) is 31.5. The number of piperazine rings is 1. The van der Waals surface area contributed by atoms with Crippen LogP contribution in [-0.4, -0.2) is 64.5 Å². The molecule has 2 aliphatic heterocycles. The van der Waals surface area contributed by atoms with E-state index in [1.54, 1.807) is 0 Å². The summed E-state index contributed by atoms with van der Waals surface area (Å²) in [6.45, 7) is 4.25. The predicted molar refractivity (Wildman–Crippen MR) is 153 cm³/mol. The lowest BCUT2D eigenvalue weighted by Gasteiger charge is -2.48. The van der Waals surface area contributed by atoms with E-state index >= 15 is 0 Å². The highest BCUT2D eigenvalue weighted by molar-refractivity contribution is 7.91. The van der Waals surface area contributed by atoms with Gasteiger partial charge in [-0.25, -0.2) is 17.5 Å². The normalized spacial score (nSPS) is 19.9. The van der Waals surface area contributed by atoms with E-state index in [0.717, 1.165) is 44.5 Å². The van der Waals surface area contributed by atoms with Gasteiger partial charge in [-0.05, 0) is 67.9 Å². The number of β-lactam (4-membered cyclic amide) rings is 1. The quantitative estimate of drug-likeness (QED) is 0.149. The van der Waals surface area contributed by atoms with Crippen LogP contribution in [0.2, 0.25) is 0 Å². The molecule has 12 heteroatoms. The summed E-state index contributed by atoms with van der Waals surface area (Å²) in [5.41, 5.74) is 1.13. The Morgan fingerprint density at radius 2 is 1.60 bits per heavy atom. The maximum absolute atomic E-state index is 14.9. The number of benzene rings is 3. The maximum Gasteiger partial charge on any atom is 0.298 e. The number of nitrogens with zero attached hydrogens (tertiary/aromatic N) is 3. The van der Waals surface area contributed by atoms with E-state index in [1.807, 2.05) is 4.31 Å². The summed E-state index contributed by atoms with van der Waals surface area (Å²) >= 11 is 0.854. The van der Waals surface area contributed by atoms with Crippen LogP contribution in [0.15, 0.2) is 66.7 Å². The van der Waals surface area contributed by atoms with Crippen LogP contribution < -0.4 is 9.64 Å². The molecule has 3 atom stereocenters. The summed E-state index contributed by atoms with van der Waals surface area (Å²) in [6.07, 6.45) is -0.484. The van der Waals surface area contributed by atoms with Crippen molar-refractivity contribution in [1.29, 1.82) is 0 Å². The summed E-state index contributed by atoms with van der Waals surface area (Å²) in [6, 6.07) is 13.9. The Hall–Kier alpha value is -3.42. The molecular weight excluding hydrogens is 571 g/mol. The first-order valence-electron chi connectivity index (χ1n) is 13.4. The zero-order chi connectivity index (χ0) is 30.2. The van der Waals surface area contributed by atoms with Crippen LogP contribution in [0.1, 0.15) is 36.1 Å². The van der Waals surface area contributed by atoms with Gasteiger partial charge in [-0.3, -0.25) is 9.59 Å². The minimum atomic E-state index is -0.924. The molecule has 0 radical (unpaired) electrons. The van der Waals surface area contributed by atoms with E-state index in [1.165, 1.54) is 65.6 Å². The summed E-state index contributed by atoms with van der Waals surface area (Å²) in [5.74, 6) is -2.46. The molecule has 5 rings (SSSR count). The fraction of sp³-hybridized carbons (Fsp3) is 0.333. The molecule has 0 aliphatic carbocycles. The molecule has 2 unspecified atom stereocenters.